The average Bonchev–Trinajstić information content (AvgIpc) is 3.06. The second-order valence-corrected chi connectivity index (χ2v) is 12.3. The van der Waals surface area contributed by atoms with Gasteiger partial charge in [-0.2, -0.15) is 0 Å². The van der Waals surface area contributed by atoms with Crippen LogP contribution in [0, 0.1) is 11.8 Å². The Balaban J connectivity index is 1.31. The van der Waals surface area contributed by atoms with Gasteiger partial charge in [-0.15, -0.1) is 5.92 Å². The lowest BCUT2D eigenvalue weighted by atomic mass is 9.92. The molecule has 0 saturated carbocycles. The molecule has 0 aromatic heterocycles. The van der Waals surface area contributed by atoms with Crippen molar-refractivity contribution in [3.8, 4) is 11.8 Å². The summed E-state index contributed by atoms with van der Waals surface area (Å²) in [6.45, 7) is 0.272. The highest BCUT2D eigenvalue weighted by atomic mass is 16.5. The third-order valence-corrected chi connectivity index (χ3v) is 9.03. The van der Waals surface area contributed by atoms with E-state index in [-0.39, 0.29) is 42.0 Å². The fourth-order valence-corrected chi connectivity index (χ4v) is 6.61. The van der Waals surface area contributed by atoms with Crippen LogP contribution in [0.25, 0.3) is 0 Å². The number of likely N-dealkylation sites (tertiary alicyclic amines) is 2. The summed E-state index contributed by atoms with van der Waals surface area (Å²) in [7, 11) is 1.32. The maximum atomic E-state index is 13.1. The number of carbonyl (C=O) groups excluding carboxylic acids is 5. The number of piperidine rings is 2. The number of nitrogens with zero attached hydrogens (tertiary/aromatic N) is 2. The summed E-state index contributed by atoms with van der Waals surface area (Å²) in [6, 6.07) is 18.3. The van der Waals surface area contributed by atoms with E-state index in [0.29, 0.717) is 64.2 Å². The third-order valence-electron chi connectivity index (χ3n) is 9.03. The van der Waals surface area contributed by atoms with Crippen LogP contribution in [0.5, 0.6) is 0 Å². The quantitative estimate of drug-likeness (QED) is 0.198. The number of ether oxygens (including phenoxy) is 1. The predicted octanol–water partition coefficient (Wildman–Crippen LogP) is 5.26. The zero-order valence-electron chi connectivity index (χ0n) is 27.0. The van der Waals surface area contributed by atoms with Gasteiger partial charge in [-0.25, -0.2) is 4.79 Å². The Morgan fingerprint density at radius 3 is 1.91 bits per heavy atom. The van der Waals surface area contributed by atoms with Gasteiger partial charge in [-0.3, -0.25) is 19.2 Å². The van der Waals surface area contributed by atoms with Gasteiger partial charge in [0, 0.05) is 57.0 Å². The summed E-state index contributed by atoms with van der Waals surface area (Å²) in [5, 5.41) is 0. The topological polar surface area (TPSA) is 101 Å². The first-order valence-electron chi connectivity index (χ1n) is 16.6. The van der Waals surface area contributed by atoms with Crippen LogP contribution in [0.3, 0.4) is 0 Å². The number of hydrogen-bond acceptors (Lipinski definition) is 6. The highest BCUT2D eigenvalue weighted by Gasteiger charge is 2.37. The number of rotatable bonds is 15. The standard InChI is InChI=1S/C38H46N2O6/c1-46-38(45)35(40-32(18-12-21-37(40)44)23-25-34(42)28-30-15-7-3-8-16-30)19-9-4-10-26-39-31(17-11-20-36(39)43)22-24-33(41)27-29-13-5-2-6-14-29/h2-3,5-8,13-16,31-32,35H,9,11-12,17-28H2,1H3. The SMILES string of the molecule is COC(=O)C(CCC#CCN1C(=O)CCCC1CCC(=O)Cc1ccccc1)N1C(=O)CCCC1CCC(=O)Cc1ccccc1. The van der Waals surface area contributed by atoms with Crippen LogP contribution in [0.1, 0.15) is 88.2 Å². The molecule has 2 aliphatic rings. The van der Waals surface area contributed by atoms with Gasteiger partial charge >= 0.3 is 5.97 Å². The summed E-state index contributed by atoms with van der Waals surface area (Å²) in [6.07, 6.45) is 7.24. The molecule has 2 aromatic carbocycles. The van der Waals surface area contributed by atoms with Crippen molar-refractivity contribution < 1.29 is 28.7 Å². The molecule has 2 saturated heterocycles. The molecule has 46 heavy (non-hydrogen) atoms. The van der Waals surface area contributed by atoms with Gasteiger partial charge in [0.1, 0.15) is 17.6 Å². The van der Waals surface area contributed by atoms with Crippen LogP contribution in [-0.2, 0) is 41.6 Å². The van der Waals surface area contributed by atoms with Crippen molar-refractivity contribution in [2.75, 3.05) is 13.7 Å². The normalized spacial score (nSPS) is 18.8. The molecular formula is C38H46N2O6. The summed E-state index contributed by atoms with van der Waals surface area (Å²) < 4.78 is 5.10. The molecule has 2 aromatic rings. The minimum Gasteiger partial charge on any atom is -0.467 e. The molecule has 0 aliphatic carbocycles. The van der Waals surface area contributed by atoms with Gasteiger partial charge in [0.05, 0.1) is 13.7 Å². The molecule has 8 nitrogen and oxygen atoms in total. The number of ketones is 2. The van der Waals surface area contributed by atoms with E-state index in [1.165, 1.54) is 7.11 Å². The number of amides is 2. The molecule has 0 spiro atoms. The molecule has 8 heteroatoms. The van der Waals surface area contributed by atoms with Crippen LogP contribution in [0.15, 0.2) is 60.7 Å². The summed E-state index contributed by atoms with van der Waals surface area (Å²) >= 11 is 0. The van der Waals surface area contributed by atoms with E-state index in [1.807, 2.05) is 60.7 Å². The van der Waals surface area contributed by atoms with E-state index in [1.54, 1.807) is 9.80 Å². The van der Waals surface area contributed by atoms with Gasteiger partial charge in [0.25, 0.3) is 0 Å². The second-order valence-electron chi connectivity index (χ2n) is 12.3. The highest BCUT2D eigenvalue weighted by Crippen LogP contribution is 2.27. The number of Topliss-reactive ketones (excluding diaryl/α,β-unsaturated/α-hetero) is 2. The Kier molecular flexibility index (Phi) is 13.6. The molecule has 4 rings (SSSR count). The van der Waals surface area contributed by atoms with Crippen molar-refractivity contribution >= 4 is 29.4 Å². The van der Waals surface area contributed by atoms with E-state index < -0.39 is 12.0 Å². The number of carbonyl (C=O) groups is 5. The monoisotopic (exact) mass is 626 g/mol. The summed E-state index contributed by atoms with van der Waals surface area (Å²) in [5.41, 5.74) is 1.96. The van der Waals surface area contributed by atoms with Crippen LogP contribution in [0.4, 0.5) is 0 Å². The molecule has 2 amide bonds. The maximum absolute atomic E-state index is 13.1. The zero-order valence-corrected chi connectivity index (χ0v) is 27.0. The minimum absolute atomic E-state index is 0.0191. The minimum atomic E-state index is -0.777. The molecule has 0 N–H and O–H groups in total. The number of benzene rings is 2. The molecule has 0 bridgehead atoms. The molecule has 3 atom stereocenters. The predicted molar refractivity (Wildman–Crippen MR) is 175 cm³/mol. The smallest absolute Gasteiger partial charge is 0.328 e. The van der Waals surface area contributed by atoms with Crippen LogP contribution < -0.4 is 0 Å². The fourth-order valence-electron chi connectivity index (χ4n) is 6.61. The lowest BCUT2D eigenvalue weighted by molar-refractivity contribution is -0.157. The van der Waals surface area contributed by atoms with Gasteiger partial charge in [-0.1, -0.05) is 66.6 Å². The molecular weight excluding hydrogens is 580 g/mol. The van der Waals surface area contributed by atoms with Crippen LogP contribution >= 0.6 is 0 Å². The number of hydrogen-bond donors (Lipinski definition) is 0. The van der Waals surface area contributed by atoms with Crippen LogP contribution in [-0.4, -0.2) is 70.9 Å². The Morgan fingerprint density at radius 2 is 1.33 bits per heavy atom. The van der Waals surface area contributed by atoms with Crippen LogP contribution in [0.2, 0.25) is 0 Å². The van der Waals surface area contributed by atoms with Crippen molar-refractivity contribution in [2.24, 2.45) is 0 Å². The molecule has 2 heterocycles. The summed E-state index contributed by atoms with van der Waals surface area (Å²) in [4.78, 5) is 67.5. The van der Waals surface area contributed by atoms with E-state index in [9.17, 15) is 24.0 Å². The highest BCUT2D eigenvalue weighted by molar-refractivity contribution is 5.86. The molecule has 2 fully saturated rings. The number of methoxy groups -OCH3 is 1. The largest absolute Gasteiger partial charge is 0.467 e. The Hall–Kier alpha value is -4.25. The lowest BCUT2D eigenvalue weighted by Gasteiger charge is -2.40. The van der Waals surface area contributed by atoms with E-state index in [0.717, 1.165) is 36.8 Å². The third kappa shape index (κ3) is 10.4. The zero-order chi connectivity index (χ0) is 32.7. The van der Waals surface area contributed by atoms with E-state index in [2.05, 4.69) is 11.8 Å². The molecule has 0 radical (unpaired) electrons. The fraction of sp³-hybridized carbons (Fsp3) is 0.500. The molecule has 244 valence electrons. The van der Waals surface area contributed by atoms with Crippen molar-refractivity contribution in [3.63, 3.8) is 0 Å². The van der Waals surface area contributed by atoms with Gasteiger partial charge < -0.3 is 14.5 Å². The molecule has 3 unspecified atom stereocenters. The Morgan fingerprint density at radius 1 is 0.783 bits per heavy atom. The van der Waals surface area contributed by atoms with Crippen molar-refractivity contribution in [3.05, 3.63) is 71.8 Å². The van der Waals surface area contributed by atoms with Crippen molar-refractivity contribution in [1.82, 2.24) is 9.80 Å². The van der Waals surface area contributed by atoms with E-state index >= 15 is 0 Å². The van der Waals surface area contributed by atoms with Crippen molar-refractivity contribution in [2.45, 2.75) is 108 Å². The second kappa shape index (κ2) is 18.0. The van der Waals surface area contributed by atoms with Gasteiger partial charge in [-0.05, 0) is 56.1 Å². The van der Waals surface area contributed by atoms with Gasteiger partial charge in [0.15, 0.2) is 0 Å². The first-order chi connectivity index (χ1) is 22.4. The van der Waals surface area contributed by atoms with Crippen molar-refractivity contribution in [1.29, 1.82) is 0 Å². The Bertz CT molecular complexity index is 1400. The first-order valence-corrected chi connectivity index (χ1v) is 16.6. The lowest BCUT2D eigenvalue weighted by Crippen LogP contribution is -2.53. The number of esters is 1. The van der Waals surface area contributed by atoms with Gasteiger partial charge in [0.2, 0.25) is 11.8 Å². The first kappa shape index (κ1) is 34.6. The van der Waals surface area contributed by atoms with E-state index in [4.69, 9.17) is 4.74 Å². The average molecular weight is 627 g/mol. The molecule has 2 aliphatic heterocycles. The summed E-state index contributed by atoms with van der Waals surface area (Å²) in [5.74, 6) is 5.97. The maximum Gasteiger partial charge on any atom is 0.328 e. The Labute approximate surface area is 272 Å².